The monoisotopic (exact) mass is 308 g/mol. The van der Waals surface area contributed by atoms with Gasteiger partial charge in [0.05, 0.1) is 5.69 Å². The molecule has 0 fully saturated rings. The van der Waals surface area contributed by atoms with E-state index in [9.17, 15) is 4.39 Å². The van der Waals surface area contributed by atoms with Crippen molar-refractivity contribution >= 4 is 15.9 Å². The van der Waals surface area contributed by atoms with Gasteiger partial charge in [-0.3, -0.25) is 0 Å². The summed E-state index contributed by atoms with van der Waals surface area (Å²) in [5, 5.41) is 0. The van der Waals surface area contributed by atoms with Crippen molar-refractivity contribution in [2.75, 3.05) is 0 Å². The van der Waals surface area contributed by atoms with Crippen molar-refractivity contribution in [3.05, 3.63) is 46.6 Å². The Morgan fingerprint density at radius 3 is 2.44 bits per heavy atom. The molecule has 2 aromatic rings. The van der Waals surface area contributed by atoms with Crippen LogP contribution in [-0.4, -0.2) is 9.97 Å². The molecule has 4 heteroatoms. The second-order valence-corrected chi connectivity index (χ2v) is 5.97. The van der Waals surface area contributed by atoms with Crippen molar-refractivity contribution < 1.29 is 4.39 Å². The van der Waals surface area contributed by atoms with Crippen LogP contribution in [0.15, 0.2) is 34.9 Å². The Bertz CT molecular complexity index is 576. The van der Waals surface area contributed by atoms with Crippen LogP contribution < -0.4 is 0 Å². The molecule has 0 aliphatic heterocycles. The van der Waals surface area contributed by atoms with E-state index in [0.717, 1.165) is 17.1 Å². The summed E-state index contributed by atoms with van der Waals surface area (Å²) in [6, 6.07) is 8.21. The fourth-order valence-electron chi connectivity index (χ4n) is 1.55. The zero-order chi connectivity index (χ0) is 13.3. The van der Waals surface area contributed by atoms with E-state index in [4.69, 9.17) is 0 Å². The van der Waals surface area contributed by atoms with Crippen LogP contribution in [0.25, 0.3) is 11.3 Å². The van der Waals surface area contributed by atoms with Gasteiger partial charge in [0.2, 0.25) is 0 Å². The fourth-order valence-corrected chi connectivity index (χ4v) is 1.93. The average molecular weight is 309 g/mol. The van der Waals surface area contributed by atoms with Crippen molar-refractivity contribution in [3.8, 4) is 11.3 Å². The minimum Gasteiger partial charge on any atom is -0.232 e. The second-order valence-electron chi connectivity index (χ2n) is 5.16. The highest BCUT2D eigenvalue weighted by Gasteiger charge is 2.19. The quantitative estimate of drug-likeness (QED) is 0.732. The standard InChI is InChI=1S/C14H14BrFN2/c1-14(2,3)13-17-11(8-12(15)18-13)9-5-4-6-10(16)7-9/h4-8H,1-3H3. The van der Waals surface area contributed by atoms with Crippen LogP contribution in [0.4, 0.5) is 4.39 Å². The van der Waals surface area contributed by atoms with E-state index in [-0.39, 0.29) is 11.2 Å². The zero-order valence-electron chi connectivity index (χ0n) is 10.5. The summed E-state index contributed by atoms with van der Waals surface area (Å²) in [6.07, 6.45) is 0. The average Bonchev–Trinajstić information content (AvgIpc) is 2.27. The van der Waals surface area contributed by atoms with Crippen molar-refractivity contribution in [2.24, 2.45) is 0 Å². The van der Waals surface area contributed by atoms with Gasteiger partial charge in [0.15, 0.2) is 0 Å². The molecule has 2 nitrogen and oxygen atoms in total. The first-order valence-corrected chi connectivity index (χ1v) is 6.46. The molecule has 1 aromatic heterocycles. The highest BCUT2D eigenvalue weighted by Crippen LogP contribution is 2.25. The minimum absolute atomic E-state index is 0.147. The van der Waals surface area contributed by atoms with E-state index in [0.29, 0.717) is 4.60 Å². The van der Waals surface area contributed by atoms with E-state index >= 15 is 0 Å². The Kier molecular flexibility index (Phi) is 3.48. The number of halogens is 2. The third-order valence-corrected chi connectivity index (χ3v) is 2.89. The molecule has 1 aromatic carbocycles. The Morgan fingerprint density at radius 2 is 1.83 bits per heavy atom. The smallest absolute Gasteiger partial charge is 0.135 e. The summed E-state index contributed by atoms with van der Waals surface area (Å²) in [5.74, 6) is 0.468. The van der Waals surface area contributed by atoms with Crippen molar-refractivity contribution in [3.63, 3.8) is 0 Å². The molecule has 0 aliphatic carbocycles. The van der Waals surface area contributed by atoms with Crippen LogP contribution in [0.1, 0.15) is 26.6 Å². The number of aromatic nitrogens is 2. The molecule has 0 atom stereocenters. The lowest BCUT2D eigenvalue weighted by molar-refractivity contribution is 0.544. The molecule has 0 radical (unpaired) electrons. The van der Waals surface area contributed by atoms with Crippen LogP contribution in [-0.2, 0) is 5.41 Å². The molecule has 0 amide bonds. The van der Waals surface area contributed by atoms with E-state index in [1.54, 1.807) is 12.1 Å². The predicted octanol–water partition coefficient (Wildman–Crippen LogP) is 4.34. The Hall–Kier alpha value is -1.29. The third kappa shape index (κ3) is 2.93. The van der Waals surface area contributed by atoms with Crippen LogP contribution in [0.3, 0.4) is 0 Å². The van der Waals surface area contributed by atoms with Crippen LogP contribution >= 0.6 is 15.9 Å². The molecule has 2 rings (SSSR count). The van der Waals surface area contributed by atoms with Gasteiger partial charge in [-0.2, -0.15) is 0 Å². The van der Waals surface area contributed by atoms with Crippen molar-refractivity contribution in [2.45, 2.75) is 26.2 Å². The van der Waals surface area contributed by atoms with Gasteiger partial charge in [0.25, 0.3) is 0 Å². The van der Waals surface area contributed by atoms with Crippen molar-refractivity contribution in [1.82, 2.24) is 9.97 Å². The second kappa shape index (κ2) is 4.76. The van der Waals surface area contributed by atoms with Crippen molar-refractivity contribution in [1.29, 1.82) is 0 Å². The van der Waals surface area contributed by atoms with Gasteiger partial charge in [0, 0.05) is 11.0 Å². The van der Waals surface area contributed by atoms with Gasteiger partial charge < -0.3 is 0 Å². The Labute approximate surface area is 114 Å². The van der Waals surface area contributed by atoms with Gasteiger partial charge in [0.1, 0.15) is 16.2 Å². The molecule has 18 heavy (non-hydrogen) atoms. The molecule has 0 saturated carbocycles. The van der Waals surface area contributed by atoms with Gasteiger partial charge in [-0.05, 0) is 34.1 Å². The highest BCUT2D eigenvalue weighted by molar-refractivity contribution is 9.10. The highest BCUT2D eigenvalue weighted by atomic mass is 79.9. The maximum Gasteiger partial charge on any atom is 0.135 e. The van der Waals surface area contributed by atoms with E-state index in [1.807, 2.05) is 26.8 Å². The number of hydrogen-bond donors (Lipinski definition) is 0. The Balaban J connectivity index is 2.55. The number of benzene rings is 1. The third-order valence-electron chi connectivity index (χ3n) is 2.49. The largest absolute Gasteiger partial charge is 0.232 e. The number of rotatable bonds is 1. The molecule has 94 valence electrons. The number of nitrogens with zero attached hydrogens (tertiary/aromatic N) is 2. The lowest BCUT2D eigenvalue weighted by Crippen LogP contribution is -2.16. The maximum absolute atomic E-state index is 13.2. The van der Waals surface area contributed by atoms with Gasteiger partial charge in [-0.15, -0.1) is 0 Å². The first-order valence-electron chi connectivity index (χ1n) is 5.67. The molecular formula is C14H14BrFN2. The fraction of sp³-hybridized carbons (Fsp3) is 0.286. The molecule has 0 spiro atoms. The molecule has 0 N–H and O–H groups in total. The SMILES string of the molecule is CC(C)(C)c1nc(Br)cc(-c2cccc(F)c2)n1. The molecule has 0 unspecified atom stereocenters. The van der Waals surface area contributed by atoms with Gasteiger partial charge >= 0.3 is 0 Å². The number of hydrogen-bond acceptors (Lipinski definition) is 2. The predicted molar refractivity (Wildman–Crippen MR) is 73.8 cm³/mol. The first kappa shape index (κ1) is 13.1. The lowest BCUT2D eigenvalue weighted by atomic mass is 9.95. The summed E-state index contributed by atoms with van der Waals surface area (Å²) < 4.78 is 13.9. The lowest BCUT2D eigenvalue weighted by Gasteiger charge is -2.17. The van der Waals surface area contributed by atoms with Crippen LogP contribution in [0.5, 0.6) is 0 Å². The summed E-state index contributed by atoms with van der Waals surface area (Å²) in [5.41, 5.74) is 1.33. The molecule has 1 heterocycles. The summed E-state index contributed by atoms with van der Waals surface area (Å²) in [7, 11) is 0. The minimum atomic E-state index is -0.264. The zero-order valence-corrected chi connectivity index (χ0v) is 12.1. The maximum atomic E-state index is 13.2. The molecule has 0 saturated heterocycles. The summed E-state index contributed by atoms with van der Waals surface area (Å²) in [4.78, 5) is 8.87. The summed E-state index contributed by atoms with van der Waals surface area (Å²) >= 11 is 3.38. The topological polar surface area (TPSA) is 25.8 Å². The molecule has 0 bridgehead atoms. The van der Waals surface area contributed by atoms with Gasteiger partial charge in [-0.1, -0.05) is 32.9 Å². The summed E-state index contributed by atoms with van der Waals surface area (Å²) in [6.45, 7) is 6.14. The molecular weight excluding hydrogens is 295 g/mol. The first-order chi connectivity index (χ1) is 8.36. The normalized spacial score (nSPS) is 11.6. The van der Waals surface area contributed by atoms with Crippen LogP contribution in [0.2, 0.25) is 0 Å². The van der Waals surface area contributed by atoms with E-state index < -0.39 is 0 Å². The van der Waals surface area contributed by atoms with E-state index in [1.165, 1.54) is 12.1 Å². The van der Waals surface area contributed by atoms with Crippen LogP contribution in [0, 0.1) is 5.82 Å². The molecule has 0 aliphatic rings. The Morgan fingerprint density at radius 1 is 1.11 bits per heavy atom. The van der Waals surface area contributed by atoms with Gasteiger partial charge in [-0.25, -0.2) is 14.4 Å². The van der Waals surface area contributed by atoms with E-state index in [2.05, 4.69) is 25.9 Å².